The van der Waals surface area contributed by atoms with Crippen LogP contribution in [0.1, 0.15) is 30.9 Å². The lowest BCUT2D eigenvalue weighted by Gasteiger charge is -2.24. The van der Waals surface area contributed by atoms with E-state index < -0.39 is 6.03 Å². The molecule has 2 aromatic rings. The fourth-order valence-corrected chi connectivity index (χ4v) is 3.34. The topological polar surface area (TPSA) is 103 Å². The predicted molar refractivity (Wildman–Crippen MR) is 111 cm³/mol. The van der Waals surface area contributed by atoms with E-state index in [1.165, 1.54) is 16.8 Å². The van der Waals surface area contributed by atoms with Crippen LogP contribution in [0, 0.1) is 11.3 Å². The van der Waals surface area contributed by atoms with Gasteiger partial charge in [-0.2, -0.15) is 20.5 Å². The molecule has 1 aromatic carbocycles. The Balaban J connectivity index is 2.00. The van der Waals surface area contributed by atoms with Gasteiger partial charge in [-0.25, -0.2) is 9.48 Å². The van der Waals surface area contributed by atoms with Crippen molar-refractivity contribution in [1.82, 2.24) is 15.1 Å². The first-order valence-electron chi connectivity index (χ1n) is 8.56. The van der Waals surface area contributed by atoms with E-state index in [-0.39, 0.29) is 45.2 Å². The van der Waals surface area contributed by atoms with Gasteiger partial charge in [-0.15, -0.1) is 0 Å². The van der Waals surface area contributed by atoms with Crippen molar-refractivity contribution in [1.29, 1.82) is 5.26 Å². The first kappa shape index (κ1) is 20.6. The molecule has 0 atom stereocenters. The zero-order valence-corrected chi connectivity index (χ0v) is 17.1. The lowest BCUT2D eigenvalue weighted by atomic mass is 10.1. The summed E-state index contributed by atoms with van der Waals surface area (Å²) in [5, 5.41) is 21.0. The number of halogens is 2. The number of rotatable bonds is 4. The van der Waals surface area contributed by atoms with Crippen molar-refractivity contribution in [3.05, 3.63) is 68.2 Å². The van der Waals surface area contributed by atoms with Gasteiger partial charge in [-0.05, 0) is 24.1 Å². The maximum Gasteiger partial charge on any atom is 0.347 e. The van der Waals surface area contributed by atoms with Crippen LogP contribution >= 0.6 is 23.2 Å². The Bertz CT molecular complexity index is 1120. The minimum absolute atomic E-state index is 0.0397. The van der Waals surface area contributed by atoms with Crippen molar-refractivity contribution in [3.63, 3.8) is 0 Å². The van der Waals surface area contributed by atoms with E-state index in [2.05, 4.69) is 22.1 Å². The minimum atomic E-state index is -0.601. The number of nitrogens with zero attached hydrogens (tertiary/aromatic N) is 5. The van der Waals surface area contributed by atoms with Gasteiger partial charge in [0, 0.05) is 27.4 Å². The maximum atomic E-state index is 12.6. The fourth-order valence-electron chi connectivity index (χ4n) is 2.74. The maximum absolute atomic E-state index is 12.6. The number of hydrogen-bond acceptors (Lipinski definition) is 5. The molecular formula is C19H16Cl2N6O2. The Morgan fingerprint density at radius 2 is 1.93 bits per heavy atom. The number of carbonyl (C=O) groups excluding carboxylic acids is 1. The lowest BCUT2D eigenvalue weighted by Crippen LogP contribution is -2.43. The monoisotopic (exact) mass is 430 g/mol. The van der Waals surface area contributed by atoms with Crippen LogP contribution in [-0.2, 0) is 6.54 Å². The number of aromatic nitrogens is 2. The second-order valence-corrected chi connectivity index (χ2v) is 7.39. The van der Waals surface area contributed by atoms with Crippen molar-refractivity contribution in [2.24, 2.45) is 5.10 Å². The number of anilines is 1. The number of hydrazone groups is 1. The van der Waals surface area contributed by atoms with E-state index >= 15 is 0 Å². The number of nitrogens with one attached hydrogen (secondary N) is 1. The molecule has 2 heterocycles. The van der Waals surface area contributed by atoms with Gasteiger partial charge in [-0.3, -0.25) is 4.79 Å². The van der Waals surface area contributed by atoms with Gasteiger partial charge in [-0.1, -0.05) is 43.6 Å². The van der Waals surface area contributed by atoms with Gasteiger partial charge < -0.3 is 5.32 Å². The van der Waals surface area contributed by atoms with Crippen molar-refractivity contribution >= 4 is 40.6 Å². The Morgan fingerprint density at radius 1 is 1.28 bits per heavy atom. The Kier molecular flexibility index (Phi) is 5.73. The number of hydrogen-bond donors (Lipinski definition) is 1. The lowest BCUT2D eigenvalue weighted by molar-refractivity contribution is 0.248. The molecule has 1 aromatic heterocycles. The average molecular weight is 431 g/mol. The molecule has 0 bridgehead atoms. The third kappa shape index (κ3) is 4.01. The van der Waals surface area contributed by atoms with Crippen LogP contribution in [0.4, 0.5) is 10.5 Å². The number of urea groups is 1. The summed E-state index contributed by atoms with van der Waals surface area (Å²) in [5.41, 5.74) is 1.21. The molecule has 0 radical (unpaired) electrons. The molecule has 0 unspecified atom stereocenters. The summed E-state index contributed by atoms with van der Waals surface area (Å²) in [6.45, 7) is 7.47. The first-order valence-corrected chi connectivity index (χ1v) is 9.31. The summed E-state index contributed by atoms with van der Waals surface area (Å²) < 4.78 is 1.28. The smallest absolute Gasteiger partial charge is 0.304 e. The third-order valence-corrected chi connectivity index (χ3v) is 4.96. The highest BCUT2D eigenvalue weighted by Crippen LogP contribution is 2.32. The van der Waals surface area contributed by atoms with E-state index in [1.54, 1.807) is 12.3 Å². The van der Waals surface area contributed by atoms with Gasteiger partial charge in [0.25, 0.3) is 5.56 Å². The zero-order valence-electron chi connectivity index (χ0n) is 15.6. The van der Waals surface area contributed by atoms with Crippen molar-refractivity contribution in [3.8, 4) is 6.07 Å². The quantitative estimate of drug-likeness (QED) is 0.798. The number of allylic oxidation sites excluding steroid dienone is 1. The molecule has 8 nitrogen and oxygen atoms in total. The molecule has 1 N–H and O–H groups in total. The Hall–Kier alpha value is -3.15. The van der Waals surface area contributed by atoms with Gasteiger partial charge in [0.15, 0.2) is 5.71 Å². The average Bonchev–Trinajstić information content (AvgIpc) is 2.65. The van der Waals surface area contributed by atoms with Gasteiger partial charge in [0.2, 0.25) is 0 Å². The van der Waals surface area contributed by atoms with Crippen LogP contribution in [-0.4, -0.2) is 21.5 Å². The van der Waals surface area contributed by atoms with Crippen molar-refractivity contribution in [2.75, 3.05) is 5.01 Å². The minimum Gasteiger partial charge on any atom is -0.304 e. The first-order chi connectivity index (χ1) is 13.7. The van der Waals surface area contributed by atoms with Gasteiger partial charge in [0.05, 0.1) is 17.9 Å². The van der Waals surface area contributed by atoms with Crippen molar-refractivity contribution < 1.29 is 4.79 Å². The van der Waals surface area contributed by atoms with Crippen LogP contribution in [0.15, 0.2) is 46.6 Å². The third-order valence-electron chi connectivity index (χ3n) is 4.28. The van der Waals surface area contributed by atoms with Gasteiger partial charge >= 0.3 is 6.03 Å². The molecule has 10 heteroatoms. The molecule has 3 rings (SSSR count). The SMILES string of the molecule is C=C1NC(=O)N(c2cc(Cl)c(Cn3nccc(C(C)C)c3=O)c(Cl)c2)N=C1C#N. The summed E-state index contributed by atoms with van der Waals surface area (Å²) in [6, 6.07) is 5.89. The van der Waals surface area contributed by atoms with E-state index in [4.69, 9.17) is 28.5 Å². The van der Waals surface area contributed by atoms with Crippen LogP contribution in [0.2, 0.25) is 10.0 Å². The summed E-state index contributed by atoms with van der Waals surface area (Å²) in [4.78, 5) is 24.8. The largest absolute Gasteiger partial charge is 0.347 e. The molecule has 1 aliphatic rings. The predicted octanol–water partition coefficient (Wildman–Crippen LogP) is 3.64. The summed E-state index contributed by atoms with van der Waals surface area (Å²) in [7, 11) is 0. The second-order valence-electron chi connectivity index (χ2n) is 6.57. The van der Waals surface area contributed by atoms with E-state index in [9.17, 15) is 9.59 Å². The standard InChI is InChI=1S/C19H16Cl2N6O2/c1-10(2)13-4-5-23-26(18(13)28)9-14-15(20)6-12(7-16(14)21)27-19(29)24-11(3)17(8-22)25-27/h4-7,10H,3,9H2,1-2H3,(H,24,29). The van der Waals surface area contributed by atoms with Crippen LogP contribution in [0.3, 0.4) is 0 Å². The van der Waals surface area contributed by atoms with Crippen LogP contribution < -0.4 is 15.9 Å². The molecule has 0 saturated heterocycles. The molecule has 1 aliphatic heterocycles. The molecule has 2 amide bonds. The zero-order chi connectivity index (χ0) is 21.3. The highest BCUT2D eigenvalue weighted by atomic mass is 35.5. The second kappa shape index (κ2) is 8.07. The van der Waals surface area contributed by atoms with Crippen LogP contribution in [0.25, 0.3) is 0 Å². The number of carbonyl (C=O) groups is 1. The molecule has 0 spiro atoms. The van der Waals surface area contributed by atoms with Crippen LogP contribution in [0.5, 0.6) is 0 Å². The van der Waals surface area contributed by atoms with E-state index in [1.807, 2.05) is 19.9 Å². The molecule has 148 valence electrons. The number of benzene rings is 1. The normalized spacial score (nSPS) is 13.9. The van der Waals surface area contributed by atoms with E-state index in [0.29, 0.717) is 11.1 Å². The summed E-state index contributed by atoms with van der Waals surface area (Å²) in [6.07, 6.45) is 1.55. The summed E-state index contributed by atoms with van der Waals surface area (Å²) in [5.74, 6) is 0.0460. The Labute approximate surface area is 176 Å². The molecule has 0 fully saturated rings. The molecule has 29 heavy (non-hydrogen) atoms. The fraction of sp³-hybridized carbons (Fsp3) is 0.211. The van der Waals surface area contributed by atoms with E-state index in [0.717, 1.165) is 5.01 Å². The van der Waals surface area contributed by atoms with Gasteiger partial charge in [0.1, 0.15) is 6.07 Å². The molecule has 0 aliphatic carbocycles. The highest BCUT2D eigenvalue weighted by molar-refractivity contribution is 6.36. The molecular weight excluding hydrogens is 415 g/mol. The van der Waals surface area contributed by atoms with Crippen molar-refractivity contribution in [2.45, 2.75) is 26.3 Å². The highest BCUT2D eigenvalue weighted by Gasteiger charge is 2.25. The number of amides is 2. The summed E-state index contributed by atoms with van der Waals surface area (Å²) >= 11 is 12.8. The number of nitriles is 1. The molecule has 0 saturated carbocycles. The Morgan fingerprint density at radius 3 is 2.52 bits per heavy atom.